The zero-order chi connectivity index (χ0) is 73.2. The van der Waals surface area contributed by atoms with Crippen LogP contribution in [0.5, 0.6) is 0 Å². The molecule has 0 spiro atoms. The third kappa shape index (κ3) is 72.1. The van der Waals surface area contributed by atoms with Crippen molar-refractivity contribution in [3.8, 4) is 0 Å². The zero-order valence-electron chi connectivity index (χ0n) is 62.8. The van der Waals surface area contributed by atoms with Crippen LogP contribution in [-0.4, -0.2) is 96.7 Å². The molecular formula is C81H140O17P2. The molecule has 0 saturated heterocycles. The summed E-state index contributed by atoms with van der Waals surface area (Å²) in [6.07, 6.45) is 77.8. The molecule has 576 valence electrons. The molecule has 0 bridgehead atoms. The van der Waals surface area contributed by atoms with Crippen LogP contribution in [0.3, 0.4) is 0 Å². The van der Waals surface area contributed by atoms with Gasteiger partial charge >= 0.3 is 39.5 Å². The van der Waals surface area contributed by atoms with Gasteiger partial charge in [-0.15, -0.1) is 0 Å². The van der Waals surface area contributed by atoms with Crippen molar-refractivity contribution in [3.05, 3.63) is 109 Å². The van der Waals surface area contributed by atoms with E-state index in [9.17, 15) is 43.2 Å². The maximum atomic E-state index is 13.1. The quantitative estimate of drug-likeness (QED) is 0.0169. The molecule has 0 fully saturated rings. The SMILES string of the molecule is CC/C=C\C/C=C\C/C=C\C/C=C\CCCCCCC(=O)OCC(COP(=O)(O)OCC(O)COP(=O)(O)OCC(COC(=O)CCCCCCCCC/C=C\C/C=C\C/C=C\CC)OC(=O)CCCCCCC/C=C\CCCCCC)OC(=O)CCCCCCC/C=C\CCCCCC. The number of ether oxygens (including phenoxy) is 4. The Hall–Kier alpha value is -4.28. The number of hydrogen-bond donors (Lipinski definition) is 3. The first kappa shape index (κ1) is 95.7. The van der Waals surface area contributed by atoms with Crippen LogP contribution in [0.1, 0.15) is 323 Å². The van der Waals surface area contributed by atoms with E-state index in [2.05, 4.69) is 137 Å². The van der Waals surface area contributed by atoms with Gasteiger partial charge in [0.05, 0.1) is 26.4 Å². The minimum absolute atomic E-state index is 0.0784. The third-order valence-electron chi connectivity index (χ3n) is 16.2. The van der Waals surface area contributed by atoms with Gasteiger partial charge in [-0.3, -0.25) is 37.3 Å². The first-order chi connectivity index (χ1) is 48.7. The van der Waals surface area contributed by atoms with E-state index in [-0.39, 0.29) is 25.7 Å². The molecule has 0 rings (SSSR count). The fraction of sp³-hybridized carbons (Fsp3) is 0.728. The van der Waals surface area contributed by atoms with Gasteiger partial charge < -0.3 is 33.8 Å². The second-order valence-corrected chi connectivity index (χ2v) is 28.8. The molecule has 0 aromatic rings. The minimum atomic E-state index is -4.98. The van der Waals surface area contributed by atoms with Crippen LogP contribution in [0.15, 0.2) is 109 Å². The van der Waals surface area contributed by atoms with E-state index in [0.29, 0.717) is 25.7 Å². The lowest BCUT2D eigenvalue weighted by molar-refractivity contribution is -0.161. The van der Waals surface area contributed by atoms with Crippen molar-refractivity contribution in [2.24, 2.45) is 0 Å². The van der Waals surface area contributed by atoms with Crippen molar-refractivity contribution in [2.75, 3.05) is 39.6 Å². The summed E-state index contributed by atoms with van der Waals surface area (Å²) >= 11 is 0. The predicted molar refractivity (Wildman–Crippen MR) is 408 cm³/mol. The second-order valence-electron chi connectivity index (χ2n) is 25.9. The topological polar surface area (TPSA) is 237 Å². The third-order valence-corrected chi connectivity index (χ3v) is 18.1. The molecule has 0 aliphatic heterocycles. The summed E-state index contributed by atoms with van der Waals surface area (Å²) in [7, 11) is -9.96. The van der Waals surface area contributed by atoms with Crippen molar-refractivity contribution in [3.63, 3.8) is 0 Å². The van der Waals surface area contributed by atoms with Crippen LogP contribution in [0, 0.1) is 0 Å². The lowest BCUT2D eigenvalue weighted by atomic mass is 10.1. The number of hydrogen-bond acceptors (Lipinski definition) is 15. The molecule has 0 saturated carbocycles. The molecule has 0 aliphatic carbocycles. The Bertz CT molecular complexity index is 2320. The second kappa shape index (κ2) is 73.0. The Balaban J connectivity index is 5.36. The fourth-order valence-electron chi connectivity index (χ4n) is 10.3. The molecule has 0 aromatic carbocycles. The van der Waals surface area contributed by atoms with Crippen LogP contribution in [0.4, 0.5) is 0 Å². The molecule has 17 nitrogen and oxygen atoms in total. The van der Waals surface area contributed by atoms with Gasteiger partial charge in [-0.2, -0.15) is 0 Å². The van der Waals surface area contributed by atoms with Crippen molar-refractivity contribution < 1.29 is 80.2 Å². The Morgan fingerprint density at radius 2 is 0.520 bits per heavy atom. The maximum absolute atomic E-state index is 13.1. The van der Waals surface area contributed by atoms with Crippen LogP contribution in [-0.2, 0) is 65.4 Å². The van der Waals surface area contributed by atoms with Gasteiger partial charge in [-0.25, -0.2) is 9.13 Å². The van der Waals surface area contributed by atoms with Gasteiger partial charge in [0.25, 0.3) is 0 Å². The van der Waals surface area contributed by atoms with Gasteiger partial charge in [0.15, 0.2) is 12.2 Å². The number of rotatable bonds is 73. The average Bonchev–Trinajstić information content (AvgIpc) is 0.943. The summed E-state index contributed by atoms with van der Waals surface area (Å²) < 4.78 is 68.5. The highest BCUT2D eigenvalue weighted by atomic mass is 31.2. The lowest BCUT2D eigenvalue weighted by Crippen LogP contribution is -2.30. The maximum Gasteiger partial charge on any atom is 0.472 e. The Morgan fingerprint density at radius 1 is 0.290 bits per heavy atom. The molecule has 0 heterocycles. The van der Waals surface area contributed by atoms with Gasteiger partial charge in [0, 0.05) is 25.7 Å². The number of carbonyl (C=O) groups excluding carboxylic acids is 4. The zero-order valence-corrected chi connectivity index (χ0v) is 64.6. The average molecular weight is 1450 g/mol. The largest absolute Gasteiger partial charge is 0.472 e. The van der Waals surface area contributed by atoms with Gasteiger partial charge in [0.1, 0.15) is 19.3 Å². The summed E-state index contributed by atoms with van der Waals surface area (Å²) in [6, 6.07) is 0. The van der Waals surface area contributed by atoms with Gasteiger partial charge in [-0.05, 0) is 148 Å². The summed E-state index contributed by atoms with van der Waals surface area (Å²) in [5.41, 5.74) is 0. The number of phosphoric acid groups is 2. The molecule has 0 aliphatic rings. The van der Waals surface area contributed by atoms with Crippen LogP contribution < -0.4 is 0 Å². The van der Waals surface area contributed by atoms with E-state index in [0.717, 1.165) is 193 Å². The monoisotopic (exact) mass is 1450 g/mol. The molecule has 5 atom stereocenters. The van der Waals surface area contributed by atoms with E-state index in [4.69, 9.17) is 37.0 Å². The highest BCUT2D eigenvalue weighted by molar-refractivity contribution is 7.47. The molecule has 0 aromatic heterocycles. The first-order valence-electron chi connectivity index (χ1n) is 39.1. The summed E-state index contributed by atoms with van der Waals surface area (Å²) in [4.78, 5) is 72.9. The summed E-state index contributed by atoms with van der Waals surface area (Å²) in [6.45, 7) is 4.58. The highest BCUT2D eigenvalue weighted by Crippen LogP contribution is 2.45. The lowest BCUT2D eigenvalue weighted by Gasteiger charge is -2.21. The number of aliphatic hydroxyl groups is 1. The van der Waals surface area contributed by atoms with E-state index < -0.39 is 97.5 Å². The molecular weight excluding hydrogens is 1310 g/mol. The minimum Gasteiger partial charge on any atom is -0.462 e. The number of phosphoric ester groups is 2. The Morgan fingerprint density at radius 3 is 0.810 bits per heavy atom. The first-order valence-corrected chi connectivity index (χ1v) is 42.1. The van der Waals surface area contributed by atoms with Gasteiger partial charge in [-0.1, -0.05) is 259 Å². The van der Waals surface area contributed by atoms with E-state index in [1.165, 1.54) is 51.4 Å². The van der Waals surface area contributed by atoms with Crippen LogP contribution in [0.2, 0.25) is 0 Å². The number of esters is 4. The van der Waals surface area contributed by atoms with E-state index >= 15 is 0 Å². The molecule has 100 heavy (non-hydrogen) atoms. The Kier molecular flexibility index (Phi) is 69.9. The normalized spacial score (nSPS) is 14.5. The number of aliphatic hydroxyl groups excluding tert-OH is 1. The Labute approximate surface area is 607 Å². The molecule has 3 N–H and O–H groups in total. The smallest absolute Gasteiger partial charge is 0.462 e. The highest BCUT2D eigenvalue weighted by Gasteiger charge is 2.30. The summed E-state index contributed by atoms with van der Waals surface area (Å²) in [5.74, 6) is -2.22. The number of carbonyl (C=O) groups is 4. The standard InChI is InChI=1S/C81H140O17P2/c1-5-9-13-17-21-25-29-33-35-37-39-43-45-49-53-57-61-65-78(83)91-71-76(97-80(85)67-63-59-55-51-47-41-31-27-23-19-15-11-7-3)73-95-99(87,88)93-69-75(82)70-94-100(89,90)96-74-77(98-81(86)68-64-60-56-52-48-42-32-28-24-20-16-12-8-4)72-92-79(84)66-62-58-54-50-46-44-40-38-36-34-30-26-22-18-14-10-6-2/h9-10,13-14,21-22,25-28,31-36,39,43,75-77,82H,5-8,11-12,15-20,23-24,29-30,37-38,40-42,44-74H2,1-4H3,(H,87,88)(H,89,90)/b13-9-,14-10-,25-21-,26-22-,31-27-,32-28-,35-33-,36-34-,43-39-. The molecule has 0 radical (unpaired) electrons. The van der Waals surface area contributed by atoms with Crippen LogP contribution >= 0.6 is 15.6 Å². The summed E-state index contributed by atoms with van der Waals surface area (Å²) in [5, 5.41) is 10.6. The number of allylic oxidation sites excluding steroid dienone is 18. The van der Waals surface area contributed by atoms with Gasteiger partial charge in [0.2, 0.25) is 0 Å². The molecule has 5 unspecified atom stereocenters. The fourth-order valence-corrected chi connectivity index (χ4v) is 11.9. The number of unbranched alkanes of at least 4 members (excludes halogenated alkanes) is 29. The van der Waals surface area contributed by atoms with Crippen molar-refractivity contribution in [2.45, 2.75) is 341 Å². The van der Waals surface area contributed by atoms with Crippen molar-refractivity contribution >= 4 is 39.5 Å². The molecule has 19 heteroatoms. The predicted octanol–water partition coefficient (Wildman–Crippen LogP) is 22.6. The van der Waals surface area contributed by atoms with Crippen LogP contribution in [0.25, 0.3) is 0 Å². The molecule has 0 amide bonds. The van der Waals surface area contributed by atoms with Crippen molar-refractivity contribution in [1.29, 1.82) is 0 Å². The van der Waals surface area contributed by atoms with E-state index in [1.807, 2.05) is 0 Å². The van der Waals surface area contributed by atoms with Crippen molar-refractivity contribution in [1.82, 2.24) is 0 Å². The van der Waals surface area contributed by atoms with E-state index in [1.54, 1.807) is 0 Å².